The molecule has 1 N–H and O–H groups in total. The molecule has 3 heterocycles. The van der Waals surface area contributed by atoms with Gasteiger partial charge in [-0.25, -0.2) is 4.98 Å². The molecule has 0 unspecified atom stereocenters. The van der Waals surface area contributed by atoms with E-state index in [1.807, 2.05) is 11.0 Å². The molecule has 0 saturated carbocycles. The van der Waals surface area contributed by atoms with E-state index in [2.05, 4.69) is 15.0 Å². The molecule has 0 bridgehead atoms. The Morgan fingerprint density at radius 3 is 2.71 bits per heavy atom. The van der Waals surface area contributed by atoms with E-state index >= 15 is 0 Å². The zero-order valence-electron chi connectivity index (χ0n) is 13.8. The molecule has 24 heavy (non-hydrogen) atoms. The van der Waals surface area contributed by atoms with E-state index in [1.54, 1.807) is 44.9 Å². The highest BCUT2D eigenvalue weighted by atomic mass is 16.3. The minimum Gasteiger partial charge on any atom is -0.391 e. The van der Waals surface area contributed by atoms with Gasteiger partial charge in [0.1, 0.15) is 5.82 Å². The minimum absolute atomic E-state index is 0.0731. The number of β-amino-alcohol motifs (C(OH)–C–C–N with tert-alkyl or cyclic N) is 1. The van der Waals surface area contributed by atoms with Gasteiger partial charge in [0.15, 0.2) is 0 Å². The molecule has 0 aliphatic carbocycles. The number of carbonyl (C=O) groups excluding carboxylic acids is 1. The zero-order valence-corrected chi connectivity index (χ0v) is 13.8. The van der Waals surface area contributed by atoms with E-state index in [9.17, 15) is 9.90 Å². The second-order valence-electron chi connectivity index (χ2n) is 6.24. The van der Waals surface area contributed by atoms with Crippen LogP contribution >= 0.6 is 0 Å². The average Bonchev–Trinajstić information content (AvgIpc) is 2.96. The number of nitrogens with zero attached hydrogens (tertiary/aromatic N) is 5. The number of aliphatic hydroxyl groups is 1. The summed E-state index contributed by atoms with van der Waals surface area (Å²) in [6.07, 6.45) is 6.87. The third-order valence-electron chi connectivity index (χ3n) is 4.22. The number of hydrogen-bond donors (Lipinski definition) is 1. The standard InChI is InChI=1S/C17H21N5O2/c1-21(2)17(24)12-3-4-16(20-8-12)22-10-13(15(23)11-22)7-14-9-18-5-6-19-14/h3-6,8-9,13,15,23H,7,10-11H2,1-2H3/t13-,15-/m1/s1. The molecule has 7 nitrogen and oxygen atoms in total. The van der Waals surface area contributed by atoms with Gasteiger partial charge in [-0.05, 0) is 18.6 Å². The summed E-state index contributed by atoms with van der Waals surface area (Å²) in [5.74, 6) is 0.786. The van der Waals surface area contributed by atoms with Gasteiger partial charge in [0.05, 0.1) is 17.4 Å². The van der Waals surface area contributed by atoms with E-state index in [4.69, 9.17) is 0 Å². The molecule has 2 aromatic rings. The molecule has 1 aliphatic rings. The first-order valence-electron chi connectivity index (χ1n) is 7.90. The van der Waals surface area contributed by atoms with Crippen LogP contribution < -0.4 is 4.90 Å². The average molecular weight is 327 g/mol. The molecule has 0 spiro atoms. The summed E-state index contributed by atoms with van der Waals surface area (Å²) in [5.41, 5.74) is 1.43. The number of aliphatic hydroxyl groups excluding tert-OH is 1. The summed E-state index contributed by atoms with van der Waals surface area (Å²) in [6, 6.07) is 3.60. The Morgan fingerprint density at radius 1 is 1.25 bits per heavy atom. The van der Waals surface area contributed by atoms with Crippen molar-refractivity contribution in [3.8, 4) is 0 Å². The Bertz CT molecular complexity index is 690. The molecule has 1 fully saturated rings. The lowest BCUT2D eigenvalue weighted by Gasteiger charge is -2.17. The fourth-order valence-electron chi connectivity index (χ4n) is 2.90. The molecule has 7 heteroatoms. The van der Waals surface area contributed by atoms with Gasteiger partial charge >= 0.3 is 0 Å². The van der Waals surface area contributed by atoms with Crippen molar-refractivity contribution in [2.45, 2.75) is 12.5 Å². The van der Waals surface area contributed by atoms with Gasteiger partial charge in [0.2, 0.25) is 0 Å². The quantitative estimate of drug-likeness (QED) is 0.886. The molecule has 1 aliphatic heterocycles. The fourth-order valence-corrected chi connectivity index (χ4v) is 2.90. The maximum atomic E-state index is 11.9. The van der Waals surface area contributed by atoms with Crippen LogP contribution in [0.2, 0.25) is 0 Å². The van der Waals surface area contributed by atoms with E-state index in [-0.39, 0.29) is 11.8 Å². The van der Waals surface area contributed by atoms with Crippen LogP contribution in [0.15, 0.2) is 36.9 Å². The molecule has 126 valence electrons. The largest absolute Gasteiger partial charge is 0.391 e. The molecular formula is C17H21N5O2. The SMILES string of the molecule is CN(C)C(=O)c1ccc(N2C[C@@H](Cc3cnccn3)[C@H](O)C2)nc1. The molecule has 0 aromatic carbocycles. The number of rotatable bonds is 4. The molecule has 3 rings (SSSR count). The fraction of sp³-hybridized carbons (Fsp3) is 0.412. The van der Waals surface area contributed by atoms with Crippen molar-refractivity contribution in [3.05, 3.63) is 48.2 Å². The van der Waals surface area contributed by atoms with Gasteiger partial charge in [0, 0.05) is 57.9 Å². The lowest BCUT2D eigenvalue weighted by Crippen LogP contribution is -2.24. The Labute approximate surface area is 141 Å². The maximum Gasteiger partial charge on any atom is 0.254 e. The number of carbonyl (C=O) groups is 1. The highest BCUT2D eigenvalue weighted by molar-refractivity contribution is 5.93. The predicted molar refractivity (Wildman–Crippen MR) is 89.7 cm³/mol. The van der Waals surface area contributed by atoms with E-state index in [0.717, 1.165) is 11.5 Å². The van der Waals surface area contributed by atoms with Crippen molar-refractivity contribution in [2.24, 2.45) is 5.92 Å². The second-order valence-corrected chi connectivity index (χ2v) is 6.24. The molecule has 2 atom stereocenters. The van der Waals surface area contributed by atoms with Crippen molar-refractivity contribution in [3.63, 3.8) is 0 Å². The first-order valence-corrected chi connectivity index (χ1v) is 7.90. The molecule has 2 aromatic heterocycles. The second kappa shape index (κ2) is 6.92. The normalized spacial score (nSPS) is 20.2. The summed E-state index contributed by atoms with van der Waals surface area (Å²) in [5, 5.41) is 10.3. The maximum absolute atomic E-state index is 11.9. The lowest BCUT2D eigenvalue weighted by molar-refractivity contribution is 0.0827. The predicted octanol–water partition coefficient (Wildman–Crippen LogP) is 0.613. The van der Waals surface area contributed by atoms with Gasteiger partial charge in [-0.1, -0.05) is 0 Å². The lowest BCUT2D eigenvalue weighted by atomic mass is 10.0. The van der Waals surface area contributed by atoms with Crippen LogP contribution in [0.1, 0.15) is 16.1 Å². The van der Waals surface area contributed by atoms with Crippen LogP contribution in [0.5, 0.6) is 0 Å². The van der Waals surface area contributed by atoms with Crippen LogP contribution in [0.4, 0.5) is 5.82 Å². The first kappa shape index (κ1) is 16.3. The first-order chi connectivity index (χ1) is 11.5. The number of aromatic nitrogens is 3. The number of anilines is 1. The third kappa shape index (κ3) is 3.51. The highest BCUT2D eigenvalue weighted by Gasteiger charge is 2.32. The van der Waals surface area contributed by atoms with E-state index in [0.29, 0.717) is 25.1 Å². The van der Waals surface area contributed by atoms with Gasteiger partial charge in [0.25, 0.3) is 5.91 Å². The molecule has 0 radical (unpaired) electrons. The van der Waals surface area contributed by atoms with E-state index < -0.39 is 6.10 Å². The van der Waals surface area contributed by atoms with Crippen molar-refractivity contribution >= 4 is 11.7 Å². The monoisotopic (exact) mass is 327 g/mol. The summed E-state index contributed by atoms with van der Waals surface area (Å²) < 4.78 is 0. The van der Waals surface area contributed by atoms with Gasteiger partial charge in [-0.15, -0.1) is 0 Å². The van der Waals surface area contributed by atoms with Crippen LogP contribution in [-0.4, -0.2) is 64.2 Å². The molecule has 1 saturated heterocycles. The number of pyridine rings is 1. The topological polar surface area (TPSA) is 82.5 Å². The van der Waals surface area contributed by atoms with Crippen molar-refractivity contribution in [1.29, 1.82) is 0 Å². The number of amides is 1. The number of hydrogen-bond acceptors (Lipinski definition) is 6. The smallest absolute Gasteiger partial charge is 0.254 e. The molecular weight excluding hydrogens is 306 g/mol. The van der Waals surface area contributed by atoms with Crippen LogP contribution in [0.25, 0.3) is 0 Å². The summed E-state index contributed by atoms with van der Waals surface area (Å²) in [6.45, 7) is 1.23. The summed E-state index contributed by atoms with van der Waals surface area (Å²) in [4.78, 5) is 28.2. The van der Waals surface area contributed by atoms with Crippen LogP contribution in [0, 0.1) is 5.92 Å². The van der Waals surface area contributed by atoms with Crippen molar-refractivity contribution < 1.29 is 9.90 Å². The van der Waals surface area contributed by atoms with E-state index in [1.165, 1.54) is 4.90 Å². The van der Waals surface area contributed by atoms with Crippen molar-refractivity contribution in [1.82, 2.24) is 19.9 Å². The molecule has 1 amide bonds. The minimum atomic E-state index is -0.433. The Morgan fingerprint density at radius 2 is 2.08 bits per heavy atom. The Hall–Kier alpha value is -2.54. The summed E-state index contributed by atoms with van der Waals surface area (Å²) in [7, 11) is 3.42. The van der Waals surface area contributed by atoms with Gasteiger partial charge in [-0.2, -0.15) is 0 Å². The van der Waals surface area contributed by atoms with Crippen molar-refractivity contribution in [2.75, 3.05) is 32.1 Å². The van der Waals surface area contributed by atoms with Crippen LogP contribution in [0.3, 0.4) is 0 Å². The summed E-state index contributed by atoms with van der Waals surface area (Å²) >= 11 is 0. The highest BCUT2D eigenvalue weighted by Crippen LogP contribution is 2.25. The van der Waals surface area contributed by atoms with Crippen LogP contribution in [-0.2, 0) is 6.42 Å². The zero-order chi connectivity index (χ0) is 17.1. The third-order valence-corrected chi connectivity index (χ3v) is 4.22. The van der Waals surface area contributed by atoms with Gasteiger partial charge in [-0.3, -0.25) is 14.8 Å². The Balaban J connectivity index is 1.67. The van der Waals surface area contributed by atoms with Gasteiger partial charge < -0.3 is 14.9 Å². The Kier molecular flexibility index (Phi) is 4.71.